The van der Waals surface area contributed by atoms with E-state index in [4.69, 9.17) is 0 Å². The third-order valence-corrected chi connectivity index (χ3v) is 22.7. The number of fused-ring (bicyclic) bond motifs is 13. The quantitative estimate of drug-likeness (QED) is 0.134. The Labute approximate surface area is 562 Å². The van der Waals surface area contributed by atoms with Crippen molar-refractivity contribution in [3.8, 4) is 67.0 Å². The summed E-state index contributed by atoms with van der Waals surface area (Å²) in [6.45, 7) is -0.233. The molecule has 2 aliphatic rings. The molecule has 15 aromatic carbocycles. The van der Waals surface area contributed by atoms with E-state index in [2.05, 4.69) is 365 Å². The first-order valence-corrected chi connectivity index (χ1v) is 34.8. The average molecular weight is 1280 g/mol. The number of nitrogens with zero attached hydrogens (tertiary/aromatic N) is 4. The zero-order valence-corrected chi connectivity index (χ0v) is 53.9. The summed E-state index contributed by atoms with van der Waals surface area (Å²) in [4.78, 5) is 5.39. The molecule has 2 aliphatic heterocycles. The van der Waals surface area contributed by atoms with E-state index in [0.29, 0.717) is 0 Å². The number of hydrogen-bond acceptors (Lipinski definition) is 2. The zero-order valence-electron chi connectivity index (χ0n) is 52.2. The molecule has 0 saturated carbocycles. The van der Waals surface area contributed by atoms with Crippen LogP contribution in [-0.4, -0.2) is 30.4 Å². The van der Waals surface area contributed by atoms with Gasteiger partial charge in [0.15, 0.2) is 0 Å². The third kappa shape index (κ3) is 8.36. The van der Waals surface area contributed by atoms with E-state index in [1.165, 1.54) is 84.9 Å². The molecule has 6 heteroatoms. The van der Waals surface area contributed by atoms with Crippen molar-refractivity contribution in [3.05, 3.63) is 346 Å². The minimum absolute atomic E-state index is 0.201. The van der Waals surface area contributed by atoms with Crippen LogP contribution in [0.4, 0.5) is 34.1 Å². The molecule has 0 aliphatic carbocycles. The number of para-hydroxylation sites is 6. The Kier molecular flexibility index (Phi) is 12.4. The molecule has 0 bridgehead atoms. The van der Waals surface area contributed by atoms with Crippen LogP contribution in [-0.2, 0) is 0 Å². The van der Waals surface area contributed by atoms with Gasteiger partial charge in [0.2, 0.25) is 0 Å². The molecule has 18 aromatic rings. The molecule has 0 fully saturated rings. The van der Waals surface area contributed by atoms with Gasteiger partial charge in [-0.3, -0.25) is 0 Å². The first-order valence-electron chi connectivity index (χ1n) is 33.1. The van der Waals surface area contributed by atoms with Crippen LogP contribution >= 0.6 is 0 Å². The fraction of sp³-hybridized carbons (Fsp3) is 0. The van der Waals surface area contributed by atoms with Gasteiger partial charge in [-0.15, -0.1) is 0 Å². The van der Waals surface area contributed by atoms with Gasteiger partial charge in [0.25, 0.3) is 0 Å². The molecule has 3 aromatic heterocycles. The topological polar surface area (TPSA) is 16.3 Å². The average Bonchev–Trinajstić information content (AvgIpc) is 0.834. The summed E-state index contributed by atoms with van der Waals surface area (Å²) < 4.78 is 7.83. The first-order chi connectivity index (χ1) is 47.7. The second-order valence-corrected chi connectivity index (χ2v) is 27.7. The van der Waals surface area contributed by atoms with Crippen molar-refractivity contribution in [2.24, 2.45) is 0 Å². The summed E-state index contributed by atoms with van der Waals surface area (Å²) in [5.41, 5.74) is 28.8. The Morgan fingerprint density at radius 3 is 0.990 bits per heavy atom. The van der Waals surface area contributed by atoms with Crippen molar-refractivity contribution in [1.82, 2.24) is 9.13 Å². The van der Waals surface area contributed by atoms with Crippen LogP contribution < -0.4 is 26.2 Å². The molecular formula is C90H57BN4Se. The van der Waals surface area contributed by atoms with E-state index < -0.39 is 0 Å². The van der Waals surface area contributed by atoms with Crippen LogP contribution in [0.5, 0.6) is 0 Å². The van der Waals surface area contributed by atoms with Crippen molar-refractivity contribution in [2.45, 2.75) is 0 Å². The van der Waals surface area contributed by atoms with Crippen LogP contribution in [0.25, 0.3) is 130 Å². The van der Waals surface area contributed by atoms with E-state index in [-0.39, 0.29) is 21.2 Å². The molecule has 446 valence electrons. The van der Waals surface area contributed by atoms with Gasteiger partial charge in [-0.05, 0) is 24.3 Å². The molecule has 5 heterocycles. The smallest absolute Gasteiger partial charge is 0.0616 e. The summed E-state index contributed by atoms with van der Waals surface area (Å²) in [6, 6.07) is 130. The summed E-state index contributed by atoms with van der Waals surface area (Å²) >= 11 is 0.201. The van der Waals surface area contributed by atoms with Crippen LogP contribution in [0.3, 0.4) is 0 Å². The fourth-order valence-electron chi connectivity index (χ4n) is 16.2. The molecule has 0 spiro atoms. The standard InChI is InChI=1S/C90H57BN4Se/c1-5-25-58(26-6-1)66-38-23-39-67(59-27-7-2-8-28-59)89(66)94-82-56-64(92-78-42-18-13-33-70(78)71-34-14-19-43-79(71)92)48-50-76(82)91-77-51-49-65(93-80-44-20-15-35-72(80)73-36-16-21-45-81(73)93)57-83(77)95(90-68(60-29-9-3-10-30-60)40-24-41-69(90)61-31-11-4-12-32-61)85-55-63(54-84(94)88(85)91)62-47-52-87-75(53-62)74-37-17-22-46-86(74)96-87/h1-57H. The van der Waals surface area contributed by atoms with Gasteiger partial charge in [0, 0.05) is 21.5 Å². The van der Waals surface area contributed by atoms with E-state index >= 15 is 0 Å². The Hall–Kier alpha value is -11.9. The minimum Gasteiger partial charge on any atom is -0.0616 e. The number of aromatic nitrogens is 2. The molecule has 0 amide bonds. The second-order valence-electron chi connectivity index (χ2n) is 25.4. The number of hydrogen-bond donors (Lipinski definition) is 0. The van der Waals surface area contributed by atoms with Crippen molar-refractivity contribution in [2.75, 3.05) is 9.80 Å². The van der Waals surface area contributed by atoms with Crippen molar-refractivity contribution < 1.29 is 0 Å². The third-order valence-electron chi connectivity index (χ3n) is 20.3. The molecular weight excluding hydrogens is 1230 g/mol. The Morgan fingerprint density at radius 2 is 0.583 bits per heavy atom. The van der Waals surface area contributed by atoms with Gasteiger partial charge in [-0.25, -0.2) is 0 Å². The Balaban J connectivity index is 0.974. The molecule has 0 saturated heterocycles. The maximum absolute atomic E-state index is 2.69. The monoisotopic (exact) mass is 1280 g/mol. The summed E-state index contributed by atoms with van der Waals surface area (Å²) in [5, 5.41) is 7.58. The summed E-state index contributed by atoms with van der Waals surface area (Å²) in [6.07, 6.45) is 0. The van der Waals surface area contributed by atoms with Gasteiger partial charge >= 0.3 is 353 Å². The molecule has 0 unspecified atom stereocenters. The summed E-state index contributed by atoms with van der Waals surface area (Å²) in [7, 11) is 0. The second kappa shape index (κ2) is 21.8. The van der Waals surface area contributed by atoms with E-state index in [0.717, 1.165) is 95.6 Å². The fourth-order valence-corrected chi connectivity index (χ4v) is 18.5. The molecule has 0 radical (unpaired) electrons. The number of anilines is 6. The van der Waals surface area contributed by atoms with Crippen LogP contribution in [0.15, 0.2) is 346 Å². The van der Waals surface area contributed by atoms with Crippen LogP contribution in [0.1, 0.15) is 0 Å². The first kappa shape index (κ1) is 54.6. The van der Waals surface area contributed by atoms with Crippen LogP contribution in [0, 0.1) is 0 Å². The number of benzene rings is 15. The van der Waals surface area contributed by atoms with Gasteiger partial charge in [-0.2, -0.15) is 0 Å². The van der Waals surface area contributed by atoms with E-state index in [1.807, 2.05) is 0 Å². The van der Waals surface area contributed by atoms with Gasteiger partial charge in [0.1, 0.15) is 0 Å². The van der Waals surface area contributed by atoms with Crippen molar-refractivity contribution >= 4 is 135 Å². The predicted molar refractivity (Wildman–Crippen MR) is 408 cm³/mol. The van der Waals surface area contributed by atoms with Gasteiger partial charge in [-0.1, -0.05) is 146 Å². The Morgan fingerprint density at radius 1 is 0.229 bits per heavy atom. The van der Waals surface area contributed by atoms with E-state index in [9.17, 15) is 0 Å². The molecule has 20 rings (SSSR count). The van der Waals surface area contributed by atoms with Crippen molar-refractivity contribution in [1.29, 1.82) is 0 Å². The normalized spacial score (nSPS) is 12.5. The maximum atomic E-state index is 2.69. The SMILES string of the molecule is c1ccc(-c2cccc(-c3ccccc3)c2N2c3cc(-n4c5ccccc5c5ccccc54)ccc3B3c4ccc(-n5c6ccccc6c6ccccc65)cc4N(c4c(-c5ccccc5)cccc4-c4ccccc4)c4cc(-c5ccc6[se]c7ccccc7c6c5)cc2c43)cc1. The van der Waals surface area contributed by atoms with Crippen LogP contribution in [0.2, 0.25) is 0 Å². The number of rotatable bonds is 9. The van der Waals surface area contributed by atoms with E-state index in [1.54, 1.807) is 0 Å². The van der Waals surface area contributed by atoms with Gasteiger partial charge in [0.05, 0.1) is 22.1 Å². The van der Waals surface area contributed by atoms with Gasteiger partial charge < -0.3 is 0 Å². The minimum atomic E-state index is -0.233. The molecule has 96 heavy (non-hydrogen) atoms. The summed E-state index contributed by atoms with van der Waals surface area (Å²) in [5.74, 6) is 0. The molecule has 0 atom stereocenters. The molecule has 4 nitrogen and oxygen atoms in total. The zero-order chi connectivity index (χ0) is 63.0. The van der Waals surface area contributed by atoms with Crippen molar-refractivity contribution in [3.63, 3.8) is 0 Å². The molecule has 0 N–H and O–H groups in total. The Bertz CT molecular complexity index is 5630. The predicted octanol–water partition coefficient (Wildman–Crippen LogP) is 21.7.